The van der Waals surface area contributed by atoms with E-state index in [1.54, 1.807) is 9.80 Å². The fourth-order valence-corrected chi connectivity index (χ4v) is 4.07. The first-order valence-electron chi connectivity index (χ1n) is 10.8. The zero-order chi connectivity index (χ0) is 22.1. The van der Waals surface area contributed by atoms with E-state index in [2.05, 4.69) is 19.1 Å². The van der Waals surface area contributed by atoms with Crippen LogP contribution in [0.3, 0.4) is 0 Å². The average molecular weight is 439 g/mol. The van der Waals surface area contributed by atoms with E-state index in [0.29, 0.717) is 24.5 Å². The predicted molar refractivity (Wildman–Crippen MR) is 124 cm³/mol. The molecule has 164 valence electrons. The van der Waals surface area contributed by atoms with Gasteiger partial charge in [0.2, 0.25) is 5.91 Å². The number of unbranched alkanes of at least 4 members (excludes halogenated alkanes) is 1. The molecule has 0 bridgehead atoms. The van der Waals surface area contributed by atoms with Crippen molar-refractivity contribution in [3.8, 4) is 0 Å². The molecular formula is C25H30N2O3S. The van der Waals surface area contributed by atoms with E-state index in [-0.39, 0.29) is 18.4 Å². The molecule has 0 fully saturated rings. The van der Waals surface area contributed by atoms with E-state index in [4.69, 9.17) is 4.42 Å². The summed E-state index contributed by atoms with van der Waals surface area (Å²) >= 11 is 1.41. The Morgan fingerprint density at radius 2 is 1.77 bits per heavy atom. The second kappa shape index (κ2) is 11.5. The Bertz CT molecular complexity index is 950. The molecule has 0 aliphatic heterocycles. The molecule has 3 rings (SSSR count). The molecule has 0 saturated carbocycles. The number of furan rings is 1. The van der Waals surface area contributed by atoms with Crippen molar-refractivity contribution in [2.24, 2.45) is 0 Å². The lowest BCUT2D eigenvalue weighted by molar-refractivity contribution is -0.132. The van der Waals surface area contributed by atoms with Crippen LogP contribution in [0.2, 0.25) is 0 Å². The molecule has 0 unspecified atom stereocenters. The fourth-order valence-electron chi connectivity index (χ4n) is 3.38. The van der Waals surface area contributed by atoms with E-state index >= 15 is 0 Å². The first kappa shape index (κ1) is 22.8. The number of nitrogens with zero attached hydrogens (tertiary/aromatic N) is 2. The SMILES string of the molecule is CCCCN(CC(=O)N(CCc1ccccc1)Cc1ccc(C)o1)C(=O)c1cccs1. The summed E-state index contributed by atoms with van der Waals surface area (Å²) in [5.74, 6) is 1.44. The summed E-state index contributed by atoms with van der Waals surface area (Å²) in [4.78, 5) is 30.4. The lowest BCUT2D eigenvalue weighted by Crippen LogP contribution is -2.43. The van der Waals surface area contributed by atoms with Gasteiger partial charge >= 0.3 is 0 Å². The molecule has 0 radical (unpaired) electrons. The molecule has 0 saturated heterocycles. The Labute approximate surface area is 188 Å². The maximum absolute atomic E-state index is 13.3. The molecule has 0 N–H and O–H groups in total. The number of amides is 2. The topological polar surface area (TPSA) is 53.8 Å². The van der Waals surface area contributed by atoms with Gasteiger partial charge < -0.3 is 14.2 Å². The first-order valence-corrected chi connectivity index (χ1v) is 11.6. The van der Waals surface area contributed by atoms with Gasteiger partial charge in [-0.1, -0.05) is 49.7 Å². The summed E-state index contributed by atoms with van der Waals surface area (Å²) in [6.45, 7) is 5.59. The molecule has 0 spiro atoms. The molecule has 1 aromatic carbocycles. The van der Waals surface area contributed by atoms with Crippen molar-refractivity contribution < 1.29 is 14.0 Å². The number of carbonyl (C=O) groups excluding carboxylic acids is 2. The normalized spacial score (nSPS) is 10.8. The highest BCUT2D eigenvalue weighted by Crippen LogP contribution is 2.15. The maximum atomic E-state index is 13.3. The highest BCUT2D eigenvalue weighted by molar-refractivity contribution is 7.12. The lowest BCUT2D eigenvalue weighted by atomic mass is 10.1. The zero-order valence-corrected chi connectivity index (χ0v) is 19.1. The van der Waals surface area contributed by atoms with Crippen molar-refractivity contribution >= 4 is 23.2 Å². The number of rotatable bonds is 11. The molecule has 6 heteroatoms. The minimum atomic E-state index is -0.0753. The van der Waals surface area contributed by atoms with Gasteiger partial charge in [-0.2, -0.15) is 0 Å². The number of hydrogen-bond acceptors (Lipinski definition) is 4. The van der Waals surface area contributed by atoms with Crippen LogP contribution < -0.4 is 0 Å². The van der Waals surface area contributed by atoms with E-state index < -0.39 is 0 Å². The largest absolute Gasteiger partial charge is 0.464 e. The summed E-state index contributed by atoms with van der Waals surface area (Å²) in [7, 11) is 0. The summed E-state index contributed by atoms with van der Waals surface area (Å²) in [6.07, 6.45) is 2.58. The van der Waals surface area contributed by atoms with Gasteiger partial charge in [-0.15, -0.1) is 11.3 Å². The monoisotopic (exact) mass is 438 g/mol. The second-order valence-electron chi connectivity index (χ2n) is 7.62. The van der Waals surface area contributed by atoms with Gasteiger partial charge in [-0.3, -0.25) is 9.59 Å². The summed E-state index contributed by atoms with van der Waals surface area (Å²) < 4.78 is 5.72. The molecule has 2 amide bonds. The smallest absolute Gasteiger partial charge is 0.264 e. The number of thiophene rings is 1. The standard InChI is InChI=1S/C25H30N2O3S/c1-3-4-15-27(25(29)23-11-8-17-31-23)19-24(28)26(18-22-13-12-20(2)30-22)16-14-21-9-6-5-7-10-21/h5-13,17H,3-4,14-16,18-19H2,1-2H3. The number of benzene rings is 1. The summed E-state index contributed by atoms with van der Waals surface area (Å²) in [6, 6.07) is 17.6. The molecule has 0 aliphatic rings. The van der Waals surface area contributed by atoms with Crippen LogP contribution in [0.4, 0.5) is 0 Å². The van der Waals surface area contributed by atoms with Gasteiger partial charge in [0.1, 0.15) is 18.1 Å². The number of aryl methyl sites for hydroxylation is 1. The third-order valence-corrected chi connectivity index (χ3v) is 5.99. The number of carbonyl (C=O) groups is 2. The van der Waals surface area contributed by atoms with Crippen LogP contribution in [0.5, 0.6) is 0 Å². The minimum Gasteiger partial charge on any atom is -0.464 e. The van der Waals surface area contributed by atoms with Crippen LogP contribution >= 0.6 is 11.3 Å². The predicted octanol–water partition coefficient (Wildman–Crippen LogP) is 5.16. The van der Waals surface area contributed by atoms with E-state index in [1.165, 1.54) is 16.9 Å². The van der Waals surface area contributed by atoms with Crippen LogP contribution in [0.25, 0.3) is 0 Å². The third kappa shape index (κ3) is 6.82. The van der Waals surface area contributed by atoms with Crippen LogP contribution in [0.1, 0.15) is 46.5 Å². The van der Waals surface area contributed by atoms with Crippen molar-refractivity contribution in [2.75, 3.05) is 19.6 Å². The average Bonchev–Trinajstić information content (AvgIpc) is 3.46. The zero-order valence-electron chi connectivity index (χ0n) is 18.3. The van der Waals surface area contributed by atoms with Crippen molar-refractivity contribution in [3.05, 3.63) is 81.9 Å². The maximum Gasteiger partial charge on any atom is 0.264 e. The van der Waals surface area contributed by atoms with Crippen molar-refractivity contribution in [1.82, 2.24) is 9.80 Å². The van der Waals surface area contributed by atoms with Crippen molar-refractivity contribution in [1.29, 1.82) is 0 Å². The van der Waals surface area contributed by atoms with Crippen LogP contribution in [-0.2, 0) is 17.8 Å². The van der Waals surface area contributed by atoms with Gasteiger partial charge in [-0.25, -0.2) is 0 Å². The van der Waals surface area contributed by atoms with Crippen LogP contribution in [0, 0.1) is 6.92 Å². The quantitative estimate of drug-likeness (QED) is 0.415. The lowest BCUT2D eigenvalue weighted by Gasteiger charge is -2.27. The Kier molecular flexibility index (Phi) is 8.47. The highest BCUT2D eigenvalue weighted by atomic mass is 32.1. The summed E-state index contributed by atoms with van der Waals surface area (Å²) in [5, 5.41) is 1.89. The van der Waals surface area contributed by atoms with Gasteiger partial charge in [0.25, 0.3) is 5.91 Å². The molecule has 3 aromatic rings. The van der Waals surface area contributed by atoms with Crippen molar-refractivity contribution in [2.45, 2.75) is 39.7 Å². The van der Waals surface area contributed by atoms with Crippen LogP contribution in [0.15, 0.2) is 64.4 Å². The Hall–Kier alpha value is -2.86. The Morgan fingerprint density at radius 3 is 2.42 bits per heavy atom. The molecule has 5 nitrogen and oxygen atoms in total. The van der Waals surface area contributed by atoms with Gasteiger partial charge in [-0.05, 0) is 48.9 Å². The Balaban J connectivity index is 1.73. The summed E-state index contributed by atoms with van der Waals surface area (Å²) in [5.41, 5.74) is 1.17. The van der Waals surface area contributed by atoms with Crippen molar-refractivity contribution in [3.63, 3.8) is 0 Å². The molecule has 2 heterocycles. The molecule has 2 aromatic heterocycles. The van der Waals surface area contributed by atoms with E-state index in [9.17, 15) is 9.59 Å². The third-order valence-electron chi connectivity index (χ3n) is 5.14. The first-order chi connectivity index (χ1) is 15.1. The van der Waals surface area contributed by atoms with Gasteiger partial charge in [0.05, 0.1) is 11.4 Å². The second-order valence-corrected chi connectivity index (χ2v) is 8.57. The molecule has 0 atom stereocenters. The number of hydrogen-bond donors (Lipinski definition) is 0. The highest BCUT2D eigenvalue weighted by Gasteiger charge is 2.23. The molecule has 31 heavy (non-hydrogen) atoms. The van der Waals surface area contributed by atoms with E-state index in [1.807, 2.05) is 54.8 Å². The molecule has 0 aliphatic carbocycles. The minimum absolute atomic E-state index is 0.0639. The van der Waals surface area contributed by atoms with Gasteiger partial charge in [0.15, 0.2) is 0 Å². The van der Waals surface area contributed by atoms with Gasteiger partial charge in [0, 0.05) is 13.1 Å². The van der Waals surface area contributed by atoms with Crippen LogP contribution in [-0.4, -0.2) is 41.2 Å². The van der Waals surface area contributed by atoms with E-state index in [0.717, 1.165) is 30.8 Å². The fraction of sp³-hybridized carbons (Fsp3) is 0.360. The Morgan fingerprint density at radius 1 is 0.968 bits per heavy atom. The molecular weight excluding hydrogens is 408 g/mol.